The van der Waals surface area contributed by atoms with Gasteiger partial charge in [-0.05, 0) is 44.1 Å². The summed E-state index contributed by atoms with van der Waals surface area (Å²) in [7, 11) is 0. The van der Waals surface area contributed by atoms with E-state index < -0.39 is 5.60 Å². The van der Waals surface area contributed by atoms with E-state index in [1.807, 2.05) is 0 Å². The highest BCUT2D eigenvalue weighted by Crippen LogP contribution is 2.40. The van der Waals surface area contributed by atoms with Gasteiger partial charge in [0.1, 0.15) is 0 Å². The van der Waals surface area contributed by atoms with Gasteiger partial charge in [0.2, 0.25) is 0 Å². The van der Waals surface area contributed by atoms with Crippen molar-refractivity contribution < 1.29 is 5.11 Å². The molecule has 0 spiro atoms. The molecule has 14 heavy (non-hydrogen) atoms. The molecule has 4 atom stereocenters. The van der Waals surface area contributed by atoms with E-state index >= 15 is 0 Å². The second-order valence-corrected chi connectivity index (χ2v) is 5.42. The van der Waals surface area contributed by atoms with Gasteiger partial charge >= 0.3 is 0 Å². The van der Waals surface area contributed by atoms with Gasteiger partial charge < -0.3 is 10.4 Å². The van der Waals surface area contributed by atoms with Crippen LogP contribution in [0.25, 0.3) is 0 Å². The lowest BCUT2D eigenvalue weighted by Gasteiger charge is -2.41. The fourth-order valence-electron chi connectivity index (χ4n) is 3.19. The zero-order chi connectivity index (χ0) is 10.2. The van der Waals surface area contributed by atoms with Crippen LogP contribution in [0.15, 0.2) is 0 Å². The van der Waals surface area contributed by atoms with Gasteiger partial charge in [-0.3, -0.25) is 0 Å². The summed E-state index contributed by atoms with van der Waals surface area (Å²) >= 11 is 0. The molecule has 4 unspecified atom stereocenters. The normalized spacial score (nSPS) is 49.5. The first-order valence-electron chi connectivity index (χ1n) is 6.08. The molecule has 1 saturated heterocycles. The fourth-order valence-corrected chi connectivity index (χ4v) is 3.19. The van der Waals surface area contributed by atoms with E-state index in [0.29, 0.717) is 12.0 Å². The van der Waals surface area contributed by atoms with E-state index in [9.17, 15) is 5.11 Å². The van der Waals surface area contributed by atoms with Crippen LogP contribution >= 0.6 is 0 Å². The standard InChI is InChI=1S/C12H23NO/c1-9-5-7-13-11(8-9)12(14)6-3-4-10(12)2/h9-11,13-14H,3-8H2,1-2H3. The van der Waals surface area contributed by atoms with Gasteiger partial charge in [0.05, 0.1) is 5.60 Å². The molecule has 1 aliphatic heterocycles. The second kappa shape index (κ2) is 3.82. The lowest BCUT2D eigenvalue weighted by Crippen LogP contribution is -2.55. The lowest BCUT2D eigenvalue weighted by molar-refractivity contribution is -0.0396. The minimum absolute atomic E-state index is 0.351. The Morgan fingerprint density at radius 2 is 2.07 bits per heavy atom. The number of hydrogen-bond acceptors (Lipinski definition) is 2. The molecule has 0 amide bonds. The number of piperidine rings is 1. The Morgan fingerprint density at radius 1 is 1.29 bits per heavy atom. The fraction of sp³-hybridized carbons (Fsp3) is 1.00. The number of nitrogens with one attached hydrogen (secondary N) is 1. The zero-order valence-electron chi connectivity index (χ0n) is 9.42. The third kappa shape index (κ3) is 1.70. The minimum atomic E-state index is -0.408. The smallest absolute Gasteiger partial charge is 0.0825 e. The summed E-state index contributed by atoms with van der Waals surface area (Å²) in [5.41, 5.74) is -0.408. The maximum atomic E-state index is 10.6. The Labute approximate surface area is 87.1 Å². The van der Waals surface area contributed by atoms with E-state index in [1.54, 1.807) is 0 Å². The number of rotatable bonds is 1. The quantitative estimate of drug-likeness (QED) is 0.673. The Kier molecular flexibility index (Phi) is 2.85. The van der Waals surface area contributed by atoms with Crippen LogP contribution in [0.2, 0.25) is 0 Å². The van der Waals surface area contributed by atoms with Crippen LogP contribution in [-0.4, -0.2) is 23.3 Å². The summed E-state index contributed by atoms with van der Waals surface area (Å²) in [5, 5.41) is 14.2. The summed E-state index contributed by atoms with van der Waals surface area (Å²) in [6.45, 7) is 5.59. The van der Waals surface area contributed by atoms with Crippen molar-refractivity contribution in [3.63, 3.8) is 0 Å². The average Bonchev–Trinajstić information content (AvgIpc) is 2.49. The third-order valence-electron chi connectivity index (χ3n) is 4.34. The molecule has 2 N–H and O–H groups in total. The minimum Gasteiger partial charge on any atom is -0.388 e. The molecular weight excluding hydrogens is 174 g/mol. The van der Waals surface area contributed by atoms with Crippen molar-refractivity contribution in [2.24, 2.45) is 11.8 Å². The molecule has 0 aromatic heterocycles. The molecule has 1 saturated carbocycles. The van der Waals surface area contributed by atoms with Gasteiger partial charge in [-0.2, -0.15) is 0 Å². The van der Waals surface area contributed by atoms with Gasteiger partial charge in [-0.15, -0.1) is 0 Å². The SMILES string of the molecule is CC1CCNC(C2(O)CCCC2C)C1. The van der Waals surface area contributed by atoms with Crippen molar-refractivity contribution in [3.05, 3.63) is 0 Å². The van der Waals surface area contributed by atoms with Crippen LogP contribution in [0.1, 0.15) is 46.0 Å². The molecule has 1 aliphatic carbocycles. The average molecular weight is 197 g/mol. The molecule has 2 fully saturated rings. The highest BCUT2D eigenvalue weighted by molar-refractivity contribution is 5.01. The molecule has 2 aliphatic rings. The van der Waals surface area contributed by atoms with Crippen molar-refractivity contribution in [3.8, 4) is 0 Å². The summed E-state index contributed by atoms with van der Waals surface area (Å²) in [5.74, 6) is 1.25. The van der Waals surface area contributed by atoms with Crippen LogP contribution in [0.3, 0.4) is 0 Å². The molecule has 0 radical (unpaired) electrons. The molecular formula is C12H23NO. The largest absolute Gasteiger partial charge is 0.388 e. The summed E-state index contributed by atoms with van der Waals surface area (Å²) in [6, 6.07) is 0.351. The Balaban J connectivity index is 2.05. The van der Waals surface area contributed by atoms with E-state index in [4.69, 9.17) is 0 Å². The van der Waals surface area contributed by atoms with E-state index in [-0.39, 0.29) is 0 Å². The molecule has 2 rings (SSSR count). The first-order chi connectivity index (χ1) is 6.63. The second-order valence-electron chi connectivity index (χ2n) is 5.42. The van der Waals surface area contributed by atoms with Crippen molar-refractivity contribution in [1.29, 1.82) is 0 Å². The predicted molar refractivity (Wildman–Crippen MR) is 58.2 cm³/mol. The highest BCUT2D eigenvalue weighted by atomic mass is 16.3. The van der Waals surface area contributed by atoms with E-state index in [1.165, 1.54) is 19.3 Å². The highest BCUT2D eigenvalue weighted by Gasteiger charge is 2.45. The number of hydrogen-bond donors (Lipinski definition) is 2. The first-order valence-corrected chi connectivity index (χ1v) is 6.08. The molecule has 0 bridgehead atoms. The van der Waals surface area contributed by atoms with Crippen molar-refractivity contribution >= 4 is 0 Å². The van der Waals surface area contributed by atoms with Crippen molar-refractivity contribution in [2.75, 3.05) is 6.54 Å². The Hall–Kier alpha value is -0.0800. The maximum Gasteiger partial charge on any atom is 0.0825 e. The summed E-state index contributed by atoms with van der Waals surface area (Å²) < 4.78 is 0. The van der Waals surface area contributed by atoms with Crippen molar-refractivity contribution in [1.82, 2.24) is 5.32 Å². The van der Waals surface area contributed by atoms with Crippen molar-refractivity contribution in [2.45, 2.75) is 57.6 Å². The number of aliphatic hydroxyl groups is 1. The Bertz CT molecular complexity index is 206. The lowest BCUT2D eigenvalue weighted by atomic mass is 9.78. The van der Waals surface area contributed by atoms with Gasteiger partial charge in [0.15, 0.2) is 0 Å². The molecule has 0 aromatic rings. The van der Waals surface area contributed by atoms with E-state index in [0.717, 1.165) is 25.3 Å². The topological polar surface area (TPSA) is 32.3 Å². The summed E-state index contributed by atoms with van der Waals surface area (Å²) in [6.07, 6.45) is 5.81. The van der Waals surface area contributed by atoms with Crippen LogP contribution in [0.5, 0.6) is 0 Å². The molecule has 2 nitrogen and oxygen atoms in total. The van der Waals surface area contributed by atoms with Crippen LogP contribution in [0, 0.1) is 11.8 Å². The summed E-state index contributed by atoms with van der Waals surface area (Å²) in [4.78, 5) is 0. The zero-order valence-corrected chi connectivity index (χ0v) is 9.42. The monoisotopic (exact) mass is 197 g/mol. The van der Waals surface area contributed by atoms with Gasteiger partial charge in [-0.1, -0.05) is 20.3 Å². The van der Waals surface area contributed by atoms with Gasteiger partial charge in [0, 0.05) is 6.04 Å². The van der Waals surface area contributed by atoms with Gasteiger partial charge in [-0.25, -0.2) is 0 Å². The van der Waals surface area contributed by atoms with Crippen LogP contribution in [0.4, 0.5) is 0 Å². The molecule has 0 aromatic carbocycles. The van der Waals surface area contributed by atoms with Crippen LogP contribution in [-0.2, 0) is 0 Å². The Morgan fingerprint density at radius 3 is 2.64 bits per heavy atom. The van der Waals surface area contributed by atoms with E-state index in [2.05, 4.69) is 19.2 Å². The maximum absolute atomic E-state index is 10.6. The molecule has 2 heteroatoms. The van der Waals surface area contributed by atoms with Crippen LogP contribution < -0.4 is 5.32 Å². The molecule has 1 heterocycles. The predicted octanol–water partition coefficient (Wildman–Crippen LogP) is 1.93. The van der Waals surface area contributed by atoms with Gasteiger partial charge in [0.25, 0.3) is 0 Å². The first kappa shape index (κ1) is 10.4. The third-order valence-corrected chi connectivity index (χ3v) is 4.34. The molecule has 82 valence electrons.